The molecule has 1 amide bonds. The fourth-order valence-corrected chi connectivity index (χ4v) is 2.32. The third-order valence-electron chi connectivity index (χ3n) is 3.18. The van der Waals surface area contributed by atoms with Crippen molar-refractivity contribution in [3.8, 4) is 5.75 Å². The maximum absolute atomic E-state index is 12.8. The molecule has 0 spiro atoms. The van der Waals surface area contributed by atoms with Gasteiger partial charge in [0.1, 0.15) is 5.75 Å². The summed E-state index contributed by atoms with van der Waals surface area (Å²) < 4.78 is 43.9. The molecule has 0 bridgehead atoms. The Morgan fingerprint density at radius 2 is 1.92 bits per heavy atom. The minimum atomic E-state index is -4.59. The number of hydrogen-bond donors (Lipinski definition) is 2. The van der Waals surface area contributed by atoms with E-state index in [4.69, 9.17) is 16.3 Å². The summed E-state index contributed by atoms with van der Waals surface area (Å²) in [5, 5.41) is 4.87. The number of ether oxygens (including phenoxy) is 1. The van der Waals surface area contributed by atoms with Crippen molar-refractivity contribution in [1.82, 2.24) is 0 Å². The van der Waals surface area contributed by atoms with Crippen LogP contribution in [0.1, 0.15) is 12.5 Å². The van der Waals surface area contributed by atoms with Gasteiger partial charge in [-0.15, -0.1) is 0 Å². The number of halogens is 4. The average Bonchev–Trinajstić information content (AvgIpc) is 2.55. The summed E-state index contributed by atoms with van der Waals surface area (Å²) in [6.07, 6.45) is -4.59. The molecule has 0 heterocycles. The van der Waals surface area contributed by atoms with Crippen molar-refractivity contribution in [2.45, 2.75) is 13.1 Å². The predicted octanol–water partition coefficient (Wildman–Crippen LogP) is 4.81. The van der Waals surface area contributed by atoms with Gasteiger partial charge in [-0.2, -0.15) is 13.2 Å². The van der Waals surface area contributed by atoms with Crippen LogP contribution in [0, 0.1) is 0 Å². The van der Waals surface area contributed by atoms with Gasteiger partial charge in [0.2, 0.25) is 5.91 Å². The Kier molecular flexibility index (Phi) is 6.14. The van der Waals surface area contributed by atoms with Gasteiger partial charge in [0.15, 0.2) is 0 Å². The molecule has 8 heteroatoms. The van der Waals surface area contributed by atoms with E-state index in [9.17, 15) is 18.0 Å². The van der Waals surface area contributed by atoms with Crippen LogP contribution in [0.3, 0.4) is 0 Å². The van der Waals surface area contributed by atoms with Gasteiger partial charge in [-0.3, -0.25) is 4.79 Å². The number of alkyl halides is 3. The van der Waals surface area contributed by atoms with Crippen molar-refractivity contribution in [1.29, 1.82) is 0 Å². The molecule has 0 aliphatic rings. The summed E-state index contributed by atoms with van der Waals surface area (Å²) in [4.78, 5) is 12.0. The number of para-hydroxylation sites is 2. The Morgan fingerprint density at radius 3 is 2.60 bits per heavy atom. The van der Waals surface area contributed by atoms with Crippen LogP contribution in [0.5, 0.6) is 5.75 Å². The smallest absolute Gasteiger partial charge is 0.417 e. The number of nitrogens with one attached hydrogen (secondary N) is 2. The first-order valence-corrected chi connectivity index (χ1v) is 7.81. The number of anilines is 2. The summed E-state index contributed by atoms with van der Waals surface area (Å²) in [6.45, 7) is 2.17. The van der Waals surface area contributed by atoms with E-state index in [2.05, 4.69) is 10.6 Å². The maximum Gasteiger partial charge on any atom is 0.417 e. The van der Waals surface area contributed by atoms with E-state index in [0.29, 0.717) is 18.0 Å². The van der Waals surface area contributed by atoms with Crippen LogP contribution in [0.15, 0.2) is 42.5 Å². The molecule has 0 unspecified atom stereocenters. The molecule has 0 saturated heterocycles. The summed E-state index contributed by atoms with van der Waals surface area (Å²) in [7, 11) is 0. The van der Waals surface area contributed by atoms with E-state index in [1.165, 1.54) is 6.07 Å². The molecule has 0 saturated carbocycles. The second-order valence-electron chi connectivity index (χ2n) is 5.02. The standard InChI is InChI=1S/C17H16ClF3N2O2/c1-2-25-15-6-4-3-5-14(15)22-10-16(24)23-11-7-8-13(18)12(9-11)17(19,20)21/h3-9,22H,2,10H2,1H3,(H,23,24). The molecule has 2 aromatic carbocycles. The number of carbonyl (C=O) groups is 1. The Balaban J connectivity index is 2.02. The highest BCUT2D eigenvalue weighted by molar-refractivity contribution is 6.31. The predicted molar refractivity (Wildman–Crippen MR) is 91.2 cm³/mol. The van der Waals surface area contributed by atoms with Crippen LogP contribution >= 0.6 is 11.6 Å². The quantitative estimate of drug-likeness (QED) is 0.765. The molecule has 2 N–H and O–H groups in total. The topological polar surface area (TPSA) is 50.4 Å². The Labute approximate surface area is 147 Å². The number of amides is 1. The van der Waals surface area contributed by atoms with E-state index in [1.807, 2.05) is 6.92 Å². The van der Waals surface area contributed by atoms with E-state index >= 15 is 0 Å². The van der Waals surface area contributed by atoms with Crippen LogP contribution in [0.2, 0.25) is 5.02 Å². The zero-order chi connectivity index (χ0) is 18.4. The minimum absolute atomic E-state index is 0.0154. The van der Waals surface area contributed by atoms with E-state index in [1.54, 1.807) is 24.3 Å². The number of benzene rings is 2. The van der Waals surface area contributed by atoms with Crippen LogP contribution in [0.25, 0.3) is 0 Å². The molecule has 0 aromatic heterocycles. The molecule has 134 valence electrons. The Hall–Kier alpha value is -2.41. The van der Waals surface area contributed by atoms with Gasteiger partial charge in [0.05, 0.1) is 29.4 Å². The fourth-order valence-electron chi connectivity index (χ4n) is 2.10. The first-order valence-electron chi connectivity index (χ1n) is 7.43. The monoisotopic (exact) mass is 372 g/mol. The highest BCUT2D eigenvalue weighted by Crippen LogP contribution is 2.36. The largest absolute Gasteiger partial charge is 0.492 e. The van der Waals surface area contributed by atoms with Gasteiger partial charge in [-0.05, 0) is 37.3 Å². The molecule has 0 aliphatic heterocycles. The number of carbonyl (C=O) groups excluding carboxylic acids is 1. The van der Waals surface area contributed by atoms with Gasteiger partial charge < -0.3 is 15.4 Å². The second-order valence-corrected chi connectivity index (χ2v) is 5.43. The molecule has 25 heavy (non-hydrogen) atoms. The molecule has 2 aromatic rings. The first-order chi connectivity index (χ1) is 11.8. The fraction of sp³-hybridized carbons (Fsp3) is 0.235. The van der Waals surface area contributed by atoms with Gasteiger partial charge in [0.25, 0.3) is 0 Å². The van der Waals surface area contributed by atoms with Gasteiger partial charge >= 0.3 is 6.18 Å². The van der Waals surface area contributed by atoms with Crippen molar-refractivity contribution in [2.24, 2.45) is 0 Å². The summed E-state index contributed by atoms with van der Waals surface area (Å²) in [5.41, 5.74) is -0.366. The second kappa shape index (κ2) is 8.11. The zero-order valence-corrected chi connectivity index (χ0v) is 14.0. The van der Waals surface area contributed by atoms with E-state index in [-0.39, 0.29) is 12.2 Å². The van der Waals surface area contributed by atoms with Crippen molar-refractivity contribution in [3.63, 3.8) is 0 Å². The van der Waals surface area contributed by atoms with E-state index < -0.39 is 22.7 Å². The number of rotatable bonds is 6. The molecular weight excluding hydrogens is 357 g/mol. The highest BCUT2D eigenvalue weighted by Gasteiger charge is 2.33. The van der Waals surface area contributed by atoms with Gasteiger partial charge in [-0.1, -0.05) is 23.7 Å². The lowest BCUT2D eigenvalue weighted by Crippen LogP contribution is -2.22. The first kappa shape index (κ1) is 18.9. The molecule has 0 atom stereocenters. The summed E-state index contributed by atoms with van der Waals surface area (Å²) >= 11 is 5.55. The van der Waals surface area contributed by atoms with Crippen molar-refractivity contribution in [2.75, 3.05) is 23.8 Å². The van der Waals surface area contributed by atoms with Gasteiger partial charge in [-0.25, -0.2) is 0 Å². The molecule has 0 aliphatic carbocycles. The normalized spacial score (nSPS) is 11.1. The lowest BCUT2D eigenvalue weighted by Gasteiger charge is -2.13. The third kappa shape index (κ3) is 5.29. The lowest BCUT2D eigenvalue weighted by molar-refractivity contribution is -0.137. The molecular formula is C17H16ClF3N2O2. The third-order valence-corrected chi connectivity index (χ3v) is 3.51. The average molecular weight is 373 g/mol. The molecule has 0 radical (unpaired) electrons. The number of hydrogen-bond acceptors (Lipinski definition) is 3. The molecule has 2 rings (SSSR count). The van der Waals surface area contributed by atoms with Crippen LogP contribution in [-0.4, -0.2) is 19.1 Å². The molecule has 0 fully saturated rings. The molecule has 4 nitrogen and oxygen atoms in total. The summed E-state index contributed by atoms with van der Waals surface area (Å²) in [6, 6.07) is 10.3. The van der Waals surface area contributed by atoms with Crippen molar-refractivity contribution >= 4 is 28.9 Å². The van der Waals surface area contributed by atoms with Crippen LogP contribution in [0.4, 0.5) is 24.5 Å². The van der Waals surface area contributed by atoms with Crippen molar-refractivity contribution in [3.05, 3.63) is 53.1 Å². The lowest BCUT2D eigenvalue weighted by atomic mass is 10.2. The van der Waals surface area contributed by atoms with E-state index in [0.717, 1.165) is 12.1 Å². The maximum atomic E-state index is 12.8. The highest BCUT2D eigenvalue weighted by atomic mass is 35.5. The summed E-state index contributed by atoms with van der Waals surface area (Å²) in [5.74, 6) is 0.0883. The Morgan fingerprint density at radius 1 is 1.20 bits per heavy atom. The van der Waals surface area contributed by atoms with Crippen molar-refractivity contribution < 1.29 is 22.7 Å². The Bertz CT molecular complexity index is 751. The van der Waals surface area contributed by atoms with Crippen LogP contribution < -0.4 is 15.4 Å². The minimum Gasteiger partial charge on any atom is -0.492 e. The zero-order valence-electron chi connectivity index (χ0n) is 13.3. The SMILES string of the molecule is CCOc1ccccc1NCC(=O)Nc1ccc(Cl)c(C(F)(F)F)c1. The van der Waals surface area contributed by atoms with Crippen LogP contribution in [-0.2, 0) is 11.0 Å². The van der Waals surface area contributed by atoms with Gasteiger partial charge in [0, 0.05) is 5.69 Å².